The summed E-state index contributed by atoms with van der Waals surface area (Å²) in [5.74, 6) is -0.352. The van der Waals surface area contributed by atoms with E-state index in [4.69, 9.17) is 9.31 Å². The highest BCUT2D eigenvalue weighted by Crippen LogP contribution is 2.37. The van der Waals surface area contributed by atoms with Crippen LogP contribution in [0.4, 0.5) is 4.39 Å². The summed E-state index contributed by atoms with van der Waals surface area (Å²) >= 11 is 6.60. The van der Waals surface area contributed by atoms with Crippen LogP contribution in [0.5, 0.6) is 0 Å². The zero-order valence-electron chi connectivity index (χ0n) is 10.7. The van der Waals surface area contributed by atoms with Crippen LogP contribution in [0.1, 0.15) is 27.7 Å². The SMILES string of the molecule is CC1(C)OB(c2c(F)cc(Br)cc2Br)OC1(C)C. The lowest BCUT2D eigenvalue weighted by molar-refractivity contribution is 0.00578. The van der Waals surface area contributed by atoms with Crippen LogP contribution in [0.3, 0.4) is 0 Å². The second-order valence-electron chi connectivity index (χ2n) is 5.37. The Morgan fingerprint density at radius 3 is 2.00 bits per heavy atom. The van der Waals surface area contributed by atoms with E-state index in [2.05, 4.69) is 31.9 Å². The maximum absolute atomic E-state index is 14.0. The summed E-state index contributed by atoms with van der Waals surface area (Å²) in [6.07, 6.45) is 0. The smallest absolute Gasteiger partial charge is 0.399 e. The predicted molar refractivity (Wildman–Crippen MR) is 77.5 cm³/mol. The summed E-state index contributed by atoms with van der Waals surface area (Å²) in [4.78, 5) is 0. The Hall–Kier alpha value is 0.0949. The number of rotatable bonds is 1. The van der Waals surface area contributed by atoms with E-state index in [1.165, 1.54) is 6.07 Å². The molecule has 6 heteroatoms. The molecular formula is C12H14BBr2FO2. The highest BCUT2D eigenvalue weighted by atomic mass is 79.9. The maximum Gasteiger partial charge on any atom is 0.499 e. The first-order chi connectivity index (χ1) is 8.14. The molecule has 0 radical (unpaired) electrons. The van der Waals surface area contributed by atoms with E-state index in [-0.39, 0.29) is 5.82 Å². The Morgan fingerprint density at radius 2 is 1.56 bits per heavy atom. The van der Waals surface area contributed by atoms with Crippen molar-refractivity contribution in [2.24, 2.45) is 0 Å². The largest absolute Gasteiger partial charge is 0.499 e. The number of halogens is 3. The van der Waals surface area contributed by atoms with E-state index in [0.29, 0.717) is 14.4 Å². The van der Waals surface area contributed by atoms with Gasteiger partial charge in [0.1, 0.15) is 5.82 Å². The van der Waals surface area contributed by atoms with Crippen LogP contribution in [0.25, 0.3) is 0 Å². The quantitative estimate of drug-likeness (QED) is 0.693. The minimum Gasteiger partial charge on any atom is -0.399 e. The van der Waals surface area contributed by atoms with E-state index in [1.807, 2.05) is 27.7 Å². The molecule has 0 unspecified atom stereocenters. The summed E-state index contributed by atoms with van der Waals surface area (Å²) in [5, 5.41) is 0. The van der Waals surface area contributed by atoms with Crippen molar-refractivity contribution in [3.63, 3.8) is 0 Å². The van der Waals surface area contributed by atoms with Crippen LogP contribution in [0.15, 0.2) is 21.1 Å². The number of hydrogen-bond acceptors (Lipinski definition) is 2. The van der Waals surface area contributed by atoms with Crippen LogP contribution in [0.2, 0.25) is 0 Å². The molecule has 1 heterocycles. The van der Waals surface area contributed by atoms with Crippen LogP contribution >= 0.6 is 31.9 Å². The molecule has 0 saturated carbocycles. The molecule has 1 aliphatic rings. The molecule has 2 rings (SSSR count). The number of hydrogen-bond donors (Lipinski definition) is 0. The normalized spacial score (nSPS) is 21.4. The van der Waals surface area contributed by atoms with Gasteiger partial charge in [-0.15, -0.1) is 0 Å². The van der Waals surface area contributed by atoms with Gasteiger partial charge >= 0.3 is 7.12 Å². The van der Waals surface area contributed by atoms with Crippen molar-refractivity contribution in [2.45, 2.75) is 38.9 Å². The molecular weight excluding hydrogens is 366 g/mol. The molecule has 0 N–H and O–H groups in total. The van der Waals surface area contributed by atoms with Crippen LogP contribution < -0.4 is 5.46 Å². The first-order valence-corrected chi connectivity index (χ1v) is 7.23. The van der Waals surface area contributed by atoms with Crippen molar-refractivity contribution in [3.05, 3.63) is 26.9 Å². The minimum atomic E-state index is -0.697. The Morgan fingerprint density at radius 1 is 1.06 bits per heavy atom. The first kappa shape index (κ1) is 14.5. The van der Waals surface area contributed by atoms with Crippen molar-refractivity contribution in [2.75, 3.05) is 0 Å². The molecule has 0 aromatic heterocycles. The predicted octanol–water partition coefficient (Wildman–Crippen LogP) is 3.65. The van der Waals surface area contributed by atoms with Crippen molar-refractivity contribution < 1.29 is 13.7 Å². The van der Waals surface area contributed by atoms with Gasteiger partial charge in [-0.25, -0.2) is 4.39 Å². The molecule has 0 atom stereocenters. The van der Waals surface area contributed by atoms with Crippen molar-refractivity contribution in [1.82, 2.24) is 0 Å². The molecule has 98 valence electrons. The molecule has 1 aromatic carbocycles. The summed E-state index contributed by atoms with van der Waals surface area (Å²) in [6, 6.07) is 3.19. The van der Waals surface area contributed by atoms with Gasteiger partial charge in [-0.2, -0.15) is 0 Å². The van der Waals surface area contributed by atoms with Gasteiger partial charge in [-0.1, -0.05) is 31.9 Å². The van der Waals surface area contributed by atoms with E-state index in [0.717, 1.165) is 0 Å². The number of benzene rings is 1. The maximum atomic E-state index is 14.0. The van der Waals surface area contributed by atoms with Gasteiger partial charge in [-0.3, -0.25) is 0 Å². The second-order valence-corrected chi connectivity index (χ2v) is 7.14. The summed E-state index contributed by atoms with van der Waals surface area (Å²) in [6.45, 7) is 7.77. The molecule has 2 nitrogen and oxygen atoms in total. The van der Waals surface area contributed by atoms with E-state index >= 15 is 0 Å². The lowest BCUT2D eigenvalue weighted by atomic mass is 9.79. The second kappa shape index (κ2) is 4.58. The van der Waals surface area contributed by atoms with Crippen LogP contribution in [-0.2, 0) is 9.31 Å². The van der Waals surface area contributed by atoms with Gasteiger partial charge in [0.05, 0.1) is 11.2 Å². The molecule has 0 amide bonds. The molecule has 1 aromatic rings. The van der Waals surface area contributed by atoms with Crippen molar-refractivity contribution >= 4 is 44.4 Å². The van der Waals surface area contributed by atoms with Gasteiger partial charge in [0, 0.05) is 14.4 Å². The fourth-order valence-electron chi connectivity index (χ4n) is 1.74. The molecule has 1 fully saturated rings. The van der Waals surface area contributed by atoms with Gasteiger partial charge in [0.25, 0.3) is 0 Å². The third kappa shape index (κ3) is 2.40. The zero-order chi connectivity index (χ0) is 13.7. The Balaban J connectivity index is 2.42. The molecule has 0 bridgehead atoms. The molecule has 1 saturated heterocycles. The summed E-state index contributed by atoms with van der Waals surface area (Å²) < 4.78 is 27.0. The highest BCUT2D eigenvalue weighted by Gasteiger charge is 2.52. The molecule has 18 heavy (non-hydrogen) atoms. The Bertz CT molecular complexity index is 452. The van der Waals surface area contributed by atoms with Gasteiger partial charge in [0.15, 0.2) is 0 Å². The van der Waals surface area contributed by atoms with Gasteiger partial charge in [0.2, 0.25) is 0 Å². The lowest BCUT2D eigenvalue weighted by Crippen LogP contribution is -2.41. The average molecular weight is 380 g/mol. The van der Waals surface area contributed by atoms with Crippen molar-refractivity contribution in [3.8, 4) is 0 Å². The van der Waals surface area contributed by atoms with Crippen LogP contribution in [-0.4, -0.2) is 18.3 Å². The Kier molecular flexibility index (Phi) is 3.69. The third-order valence-electron chi connectivity index (χ3n) is 3.53. The zero-order valence-corrected chi connectivity index (χ0v) is 13.9. The monoisotopic (exact) mass is 378 g/mol. The van der Waals surface area contributed by atoms with Gasteiger partial charge in [-0.05, 0) is 39.8 Å². The fraction of sp³-hybridized carbons (Fsp3) is 0.500. The van der Waals surface area contributed by atoms with E-state index < -0.39 is 18.3 Å². The minimum absolute atomic E-state index is 0.352. The highest BCUT2D eigenvalue weighted by molar-refractivity contribution is 9.11. The lowest BCUT2D eigenvalue weighted by Gasteiger charge is -2.32. The van der Waals surface area contributed by atoms with Crippen LogP contribution in [0, 0.1) is 5.82 Å². The van der Waals surface area contributed by atoms with E-state index in [1.54, 1.807) is 6.07 Å². The Labute approximate surface area is 124 Å². The van der Waals surface area contributed by atoms with Crippen molar-refractivity contribution in [1.29, 1.82) is 0 Å². The van der Waals surface area contributed by atoms with E-state index in [9.17, 15) is 4.39 Å². The molecule has 0 spiro atoms. The summed E-state index contributed by atoms with van der Waals surface area (Å²) in [7, 11) is -0.697. The fourth-order valence-corrected chi connectivity index (χ4v) is 3.10. The topological polar surface area (TPSA) is 18.5 Å². The molecule has 1 aliphatic heterocycles. The molecule has 0 aliphatic carbocycles. The standard InChI is InChI=1S/C12H14BBr2FO2/c1-11(2)12(3,4)18-13(17-11)10-8(15)5-7(14)6-9(10)16/h5-6H,1-4H3. The average Bonchev–Trinajstić information content (AvgIpc) is 2.32. The van der Waals surface area contributed by atoms with Gasteiger partial charge < -0.3 is 9.31 Å². The third-order valence-corrected chi connectivity index (χ3v) is 4.65. The summed E-state index contributed by atoms with van der Waals surface area (Å²) in [5.41, 5.74) is -0.551. The first-order valence-electron chi connectivity index (χ1n) is 5.64.